The maximum atomic E-state index is 5.77. The molecule has 4 unspecified atom stereocenters. The summed E-state index contributed by atoms with van der Waals surface area (Å²) in [6, 6.07) is 11.4. The van der Waals surface area contributed by atoms with Gasteiger partial charge in [-0.15, -0.1) is 0 Å². The van der Waals surface area contributed by atoms with Crippen LogP contribution >= 0.6 is 0 Å². The minimum atomic E-state index is 0.352. The van der Waals surface area contributed by atoms with Crippen molar-refractivity contribution in [3.05, 3.63) is 35.9 Å². The fourth-order valence-electron chi connectivity index (χ4n) is 3.29. The van der Waals surface area contributed by atoms with Crippen molar-refractivity contribution in [2.24, 2.45) is 5.92 Å². The number of hydrogen-bond acceptors (Lipinski definition) is 2. The summed E-state index contributed by atoms with van der Waals surface area (Å²) in [6.07, 6.45) is 5.17. The van der Waals surface area contributed by atoms with Crippen LogP contribution in [0.3, 0.4) is 0 Å². The fourth-order valence-corrected chi connectivity index (χ4v) is 3.29. The number of rotatable bonds is 9. The smallest absolute Gasteiger partial charge is 0.0727 e. The van der Waals surface area contributed by atoms with Crippen LogP contribution < -0.4 is 5.32 Å². The van der Waals surface area contributed by atoms with E-state index in [4.69, 9.17) is 4.74 Å². The quantitative estimate of drug-likeness (QED) is 0.736. The van der Waals surface area contributed by atoms with E-state index < -0.39 is 0 Å². The van der Waals surface area contributed by atoms with Gasteiger partial charge in [0.05, 0.1) is 6.10 Å². The highest BCUT2D eigenvalue weighted by Gasteiger charge is 2.46. The Morgan fingerprint density at radius 2 is 1.95 bits per heavy atom. The predicted molar refractivity (Wildman–Crippen MR) is 85.1 cm³/mol. The summed E-state index contributed by atoms with van der Waals surface area (Å²) in [6.45, 7) is 5.56. The molecule has 1 aromatic rings. The molecule has 0 aromatic heterocycles. The Bertz CT molecular complexity index is 378. The molecule has 0 aliphatic heterocycles. The maximum Gasteiger partial charge on any atom is 0.0727 e. The van der Waals surface area contributed by atoms with Crippen molar-refractivity contribution >= 4 is 0 Å². The standard InChI is InChI=1S/C18H29NO/c1-4-9-17(20-3)18(19-12-5-2)16-13-15(16)14-10-7-6-8-11-14/h6-8,10-11,15-19H,4-5,9,12-13H2,1-3H3. The largest absolute Gasteiger partial charge is 0.380 e. The molecule has 1 saturated carbocycles. The van der Waals surface area contributed by atoms with E-state index in [0.29, 0.717) is 12.1 Å². The van der Waals surface area contributed by atoms with Gasteiger partial charge in [-0.2, -0.15) is 0 Å². The highest BCUT2D eigenvalue weighted by Crippen LogP contribution is 2.50. The van der Waals surface area contributed by atoms with Crippen molar-refractivity contribution in [2.75, 3.05) is 13.7 Å². The van der Waals surface area contributed by atoms with Gasteiger partial charge in [-0.1, -0.05) is 50.6 Å². The van der Waals surface area contributed by atoms with E-state index in [0.717, 1.165) is 24.8 Å². The van der Waals surface area contributed by atoms with Gasteiger partial charge >= 0.3 is 0 Å². The second-order valence-electron chi connectivity index (χ2n) is 5.96. The summed E-state index contributed by atoms with van der Waals surface area (Å²) >= 11 is 0. The van der Waals surface area contributed by atoms with Gasteiger partial charge in [0.15, 0.2) is 0 Å². The van der Waals surface area contributed by atoms with Crippen molar-refractivity contribution in [1.82, 2.24) is 5.32 Å². The van der Waals surface area contributed by atoms with Gasteiger partial charge in [-0.3, -0.25) is 0 Å². The molecule has 1 aliphatic carbocycles. The second kappa shape index (κ2) is 7.80. The first kappa shape index (κ1) is 15.5. The summed E-state index contributed by atoms with van der Waals surface area (Å²) in [7, 11) is 1.86. The zero-order chi connectivity index (χ0) is 14.4. The third-order valence-electron chi connectivity index (χ3n) is 4.44. The van der Waals surface area contributed by atoms with E-state index in [1.165, 1.54) is 24.8 Å². The fraction of sp³-hybridized carbons (Fsp3) is 0.667. The number of ether oxygens (including phenoxy) is 1. The van der Waals surface area contributed by atoms with Crippen LogP contribution in [-0.4, -0.2) is 25.8 Å². The van der Waals surface area contributed by atoms with Gasteiger partial charge in [0, 0.05) is 13.2 Å². The molecule has 2 rings (SSSR count). The topological polar surface area (TPSA) is 21.3 Å². The van der Waals surface area contributed by atoms with Gasteiger partial charge in [0.1, 0.15) is 0 Å². The highest BCUT2D eigenvalue weighted by atomic mass is 16.5. The number of hydrogen-bond donors (Lipinski definition) is 1. The van der Waals surface area contributed by atoms with Crippen molar-refractivity contribution in [2.45, 2.75) is 57.6 Å². The van der Waals surface area contributed by atoms with E-state index in [2.05, 4.69) is 49.5 Å². The molecule has 2 nitrogen and oxygen atoms in total. The maximum absolute atomic E-state index is 5.77. The second-order valence-corrected chi connectivity index (χ2v) is 5.96. The van der Waals surface area contributed by atoms with E-state index in [1.807, 2.05) is 7.11 Å². The lowest BCUT2D eigenvalue weighted by Gasteiger charge is -2.27. The van der Waals surface area contributed by atoms with Crippen molar-refractivity contribution in [3.8, 4) is 0 Å². The zero-order valence-corrected chi connectivity index (χ0v) is 13.1. The van der Waals surface area contributed by atoms with Crippen molar-refractivity contribution < 1.29 is 4.74 Å². The average Bonchev–Trinajstić information content (AvgIpc) is 3.28. The van der Waals surface area contributed by atoms with Crippen LogP contribution in [0.15, 0.2) is 30.3 Å². The van der Waals surface area contributed by atoms with Crippen LogP contribution in [0.25, 0.3) is 0 Å². The lowest BCUT2D eigenvalue weighted by Crippen LogP contribution is -2.43. The Morgan fingerprint density at radius 3 is 2.55 bits per heavy atom. The molecule has 0 saturated heterocycles. The molecule has 112 valence electrons. The van der Waals surface area contributed by atoms with Crippen LogP contribution in [0, 0.1) is 5.92 Å². The SMILES string of the molecule is CCCNC(C(CCC)OC)C1CC1c1ccccc1. The molecular formula is C18H29NO. The molecule has 0 amide bonds. The van der Waals surface area contributed by atoms with Crippen molar-refractivity contribution in [3.63, 3.8) is 0 Å². The Balaban J connectivity index is 2.01. The van der Waals surface area contributed by atoms with Gasteiger partial charge < -0.3 is 10.1 Å². The van der Waals surface area contributed by atoms with Crippen LogP contribution in [0.4, 0.5) is 0 Å². The third kappa shape index (κ3) is 3.83. The summed E-state index contributed by atoms with van der Waals surface area (Å²) < 4.78 is 5.77. The minimum Gasteiger partial charge on any atom is -0.380 e. The summed E-state index contributed by atoms with van der Waals surface area (Å²) in [5.74, 6) is 1.46. The summed E-state index contributed by atoms with van der Waals surface area (Å²) in [4.78, 5) is 0. The number of nitrogens with one attached hydrogen (secondary N) is 1. The zero-order valence-electron chi connectivity index (χ0n) is 13.1. The molecule has 0 spiro atoms. The van der Waals surface area contributed by atoms with Crippen LogP contribution in [0.2, 0.25) is 0 Å². The Hall–Kier alpha value is -0.860. The van der Waals surface area contributed by atoms with Gasteiger partial charge in [0.2, 0.25) is 0 Å². The highest BCUT2D eigenvalue weighted by molar-refractivity contribution is 5.27. The molecule has 20 heavy (non-hydrogen) atoms. The van der Waals surface area contributed by atoms with Gasteiger partial charge in [-0.05, 0) is 43.2 Å². The lowest BCUT2D eigenvalue weighted by atomic mass is 9.98. The van der Waals surface area contributed by atoms with E-state index in [1.54, 1.807) is 0 Å². The molecule has 0 bridgehead atoms. The molecule has 2 heteroatoms. The molecule has 1 fully saturated rings. The molecular weight excluding hydrogens is 246 g/mol. The summed E-state index contributed by atoms with van der Waals surface area (Å²) in [5, 5.41) is 3.74. The molecule has 1 aliphatic rings. The van der Waals surface area contributed by atoms with Crippen molar-refractivity contribution in [1.29, 1.82) is 0 Å². The number of benzene rings is 1. The van der Waals surface area contributed by atoms with Crippen LogP contribution in [0.1, 0.15) is 51.0 Å². The first-order chi connectivity index (χ1) is 9.81. The average molecular weight is 275 g/mol. The Kier molecular flexibility index (Phi) is 6.06. The van der Waals surface area contributed by atoms with Crippen LogP contribution in [-0.2, 0) is 4.74 Å². The summed E-state index contributed by atoms with van der Waals surface area (Å²) in [5.41, 5.74) is 1.49. The minimum absolute atomic E-state index is 0.352. The number of methoxy groups -OCH3 is 1. The molecule has 1 aromatic carbocycles. The first-order valence-electron chi connectivity index (χ1n) is 8.12. The van der Waals surface area contributed by atoms with E-state index in [-0.39, 0.29) is 0 Å². The monoisotopic (exact) mass is 275 g/mol. The first-order valence-corrected chi connectivity index (χ1v) is 8.12. The Morgan fingerprint density at radius 1 is 1.20 bits per heavy atom. The van der Waals surface area contributed by atoms with Gasteiger partial charge in [0.25, 0.3) is 0 Å². The molecule has 0 radical (unpaired) electrons. The molecule has 1 N–H and O–H groups in total. The Labute approximate surface area is 123 Å². The van der Waals surface area contributed by atoms with Gasteiger partial charge in [-0.25, -0.2) is 0 Å². The predicted octanol–water partition coefficient (Wildman–Crippen LogP) is 3.97. The molecule has 0 heterocycles. The van der Waals surface area contributed by atoms with E-state index >= 15 is 0 Å². The van der Waals surface area contributed by atoms with Crippen LogP contribution in [0.5, 0.6) is 0 Å². The lowest BCUT2D eigenvalue weighted by molar-refractivity contribution is 0.0532. The molecule has 4 atom stereocenters. The third-order valence-corrected chi connectivity index (χ3v) is 4.44. The van der Waals surface area contributed by atoms with E-state index in [9.17, 15) is 0 Å². The normalized spacial score (nSPS) is 24.4.